The third-order valence-corrected chi connectivity index (χ3v) is 4.13. The minimum absolute atomic E-state index is 0.272. The second kappa shape index (κ2) is 5.99. The van der Waals surface area contributed by atoms with Crippen LogP contribution < -0.4 is 11.1 Å². The highest BCUT2D eigenvalue weighted by molar-refractivity contribution is 5.92. The number of carbonyl (C=O) groups is 2. The molecule has 0 saturated heterocycles. The molecule has 0 heterocycles. The Kier molecular flexibility index (Phi) is 4.31. The molecule has 0 bridgehead atoms. The van der Waals surface area contributed by atoms with Crippen LogP contribution in [0, 0.1) is 5.41 Å². The van der Waals surface area contributed by atoms with Crippen molar-refractivity contribution in [3.8, 4) is 0 Å². The Morgan fingerprint density at radius 3 is 2.67 bits per heavy atom. The Balaban J connectivity index is 1.98. The largest absolute Gasteiger partial charge is 0.481 e. The van der Waals surface area contributed by atoms with Crippen molar-refractivity contribution in [2.24, 2.45) is 5.41 Å². The first-order valence-electron chi connectivity index (χ1n) is 6.99. The number of anilines is 1. The average Bonchev–Trinajstić information content (AvgIpc) is 2.81. The fourth-order valence-electron chi connectivity index (χ4n) is 2.65. The monoisotopic (exact) mass is 288 g/mol. The van der Waals surface area contributed by atoms with Gasteiger partial charge in [0, 0.05) is 17.8 Å². The maximum absolute atomic E-state index is 11.9. The molecule has 0 radical (unpaired) electrons. The summed E-state index contributed by atoms with van der Waals surface area (Å²) in [5, 5.41) is 12.1. The van der Waals surface area contributed by atoms with E-state index < -0.39 is 11.4 Å². The molecule has 1 amide bonds. The van der Waals surface area contributed by atoms with Crippen molar-refractivity contribution in [3.63, 3.8) is 0 Å². The van der Waals surface area contributed by atoms with Crippen molar-refractivity contribution >= 4 is 23.6 Å². The molecule has 21 heavy (non-hydrogen) atoms. The van der Waals surface area contributed by atoms with Crippen molar-refractivity contribution < 1.29 is 14.7 Å². The number of carboxylic acid groups (broad SMARTS) is 1. The number of carboxylic acids is 1. The van der Waals surface area contributed by atoms with Gasteiger partial charge in [-0.05, 0) is 43.5 Å². The molecule has 1 aromatic rings. The normalized spacial score (nSPS) is 25.1. The molecule has 2 rings (SSSR count). The van der Waals surface area contributed by atoms with Crippen molar-refractivity contribution in [2.75, 3.05) is 5.73 Å². The molecule has 0 aromatic heterocycles. The highest BCUT2D eigenvalue weighted by atomic mass is 16.4. The number of aliphatic carboxylic acids is 1. The Morgan fingerprint density at radius 1 is 1.38 bits per heavy atom. The van der Waals surface area contributed by atoms with Gasteiger partial charge in [0.15, 0.2) is 0 Å². The summed E-state index contributed by atoms with van der Waals surface area (Å²) in [5.41, 5.74) is 6.25. The quantitative estimate of drug-likeness (QED) is 0.584. The summed E-state index contributed by atoms with van der Waals surface area (Å²) in [7, 11) is 0. The van der Waals surface area contributed by atoms with Gasteiger partial charge >= 0.3 is 5.97 Å². The number of nitrogens with one attached hydrogen (secondary N) is 1. The number of amides is 1. The maximum Gasteiger partial charge on any atom is 0.311 e. The van der Waals surface area contributed by atoms with Crippen LogP contribution in [0.25, 0.3) is 6.08 Å². The van der Waals surface area contributed by atoms with Crippen LogP contribution in [0.3, 0.4) is 0 Å². The predicted molar refractivity (Wildman–Crippen MR) is 81.4 cm³/mol. The van der Waals surface area contributed by atoms with Gasteiger partial charge < -0.3 is 16.2 Å². The van der Waals surface area contributed by atoms with Gasteiger partial charge in [0.2, 0.25) is 5.91 Å². The summed E-state index contributed by atoms with van der Waals surface area (Å²) in [5.74, 6) is -1.13. The van der Waals surface area contributed by atoms with E-state index in [1.54, 1.807) is 25.1 Å². The second-order valence-corrected chi connectivity index (χ2v) is 5.68. The molecule has 1 fully saturated rings. The van der Waals surface area contributed by atoms with Crippen LogP contribution in [-0.2, 0) is 9.59 Å². The van der Waals surface area contributed by atoms with Gasteiger partial charge in [-0.25, -0.2) is 0 Å². The van der Waals surface area contributed by atoms with Crippen LogP contribution in [0.5, 0.6) is 0 Å². The molecule has 1 aromatic carbocycles. The van der Waals surface area contributed by atoms with Crippen LogP contribution in [0.1, 0.15) is 31.7 Å². The van der Waals surface area contributed by atoms with Crippen molar-refractivity contribution in [2.45, 2.75) is 32.2 Å². The van der Waals surface area contributed by atoms with Crippen molar-refractivity contribution in [1.29, 1.82) is 0 Å². The van der Waals surface area contributed by atoms with Crippen molar-refractivity contribution in [1.82, 2.24) is 5.32 Å². The molecule has 1 saturated carbocycles. The zero-order valence-electron chi connectivity index (χ0n) is 12.0. The van der Waals surface area contributed by atoms with Crippen LogP contribution in [0.4, 0.5) is 5.69 Å². The predicted octanol–water partition coefficient (Wildman–Crippen LogP) is 2.04. The first-order chi connectivity index (χ1) is 9.91. The number of carbonyl (C=O) groups excluding carboxylic acids is 1. The van der Waals surface area contributed by atoms with Gasteiger partial charge in [-0.3, -0.25) is 9.59 Å². The van der Waals surface area contributed by atoms with E-state index in [0.29, 0.717) is 18.5 Å². The Hall–Kier alpha value is -2.30. The van der Waals surface area contributed by atoms with E-state index in [2.05, 4.69) is 5.32 Å². The molecule has 112 valence electrons. The van der Waals surface area contributed by atoms with Crippen LogP contribution in [0.2, 0.25) is 0 Å². The second-order valence-electron chi connectivity index (χ2n) is 5.68. The van der Waals surface area contributed by atoms with Gasteiger partial charge in [0.05, 0.1) is 5.41 Å². The summed E-state index contributed by atoms with van der Waals surface area (Å²) in [6, 6.07) is 6.83. The molecular formula is C16H20N2O3. The molecule has 0 aliphatic heterocycles. The van der Waals surface area contributed by atoms with Crippen LogP contribution >= 0.6 is 0 Å². The van der Waals surface area contributed by atoms with Gasteiger partial charge in [0.1, 0.15) is 0 Å². The smallest absolute Gasteiger partial charge is 0.311 e. The minimum atomic E-state index is -0.870. The average molecular weight is 288 g/mol. The van der Waals surface area contributed by atoms with Gasteiger partial charge in [-0.15, -0.1) is 0 Å². The molecule has 1 aliphatic carbocycles. The van der Waals surface area contributed by atoms with Gasteiger partial charge in [-0.1, -0.05) is 18.6 Å². The fraction of sp³-hybridized carbons (Fsp3) is 0.375. The Morgan fingerprint density at radius 2 is 2.05 bits per heavy atom. The minimum Gasteiger partial charge on any atom is -0.481 e. The van der Waals surface area contributed by atoms with E-state index >= 15 is 0 Å². The summed E-state index contributed by atoms with van der Waals surface area (Å²) in [6.07, 6.45) is 5.21. The molecule has 0 spiro atoms. The van der Waals surface area contributed by atoms with Crippen LogP contribution in [0.15, 0.2) is 30.3 Å². The maximum atomic E-state index is 11.9. The first kappa shape index (κ1) is 15.1. The van der Waals surface area contributed by atoms with E-state index in [0.717, 1.165) is 12.0 Å². The lowest BCUT2D eigenvalue weighted by Gasteiger charge is -2.27. The molecule has 4 N–H and O–H groups in total. The van der Waals surface area contributed by atoms with E-state index in [4.69, 9.17) is 5.73 Å². The lowest BCUT2D eigenvalue weighted by Crippen LogP contribution is -2.46. The third kappa shape index (κ3) is 3.42. The number of hydrogen-bond donors (Lipinski definition) is 3. The summed E-state index contributed by atoms with van der Waals surface area (Å²) in [6.45, 7) is 1.69. The molecular weight excluding hydrogens is 268 g/mol. The van der Waals surface area contributed by atoms with E-state index in [-0.39, 0.29) is 11.9 Å². The van der Waals surface area contributed by atoms with Gasteiger partial charge in [-0.2, -0.15) is 0 Å². The van der Waals surface area contributed by atoms with E-state index in [1.165, 1.54) is 6.08 Å². The Bertz CT molecular complexity index is 565. The van der Waals surface area contributed by atoms with Gasteiger partial charge in [0.25, 0.3) is 0 Å². The highest BCUT2D eigenvalue weighted by Crippen LogP contribution is 2.38. The molecule has 5 nitrogen and oxygen atoms in total. The number of rotatable bonds is 4. The topological polar surface area (TPSA) is 92.4 Å². The summed E-state index contributed by atoms with van der Waals surface area (Å²) >= 11 is 0. The van der Waals surface area contributed by atoms with E-state index in [1.807, 2.05) is 12.1 Å². The molecule has 1 aliphatic rings. The zero-order chi connectivity index (χ0) is 15.5. The van der Waals surface area contributed by atoms with Crippen molar-refractivity contribution in [3.05, 3.63) is 35.9 Å². The SMILES string of the molecule is CC1(C(=O)O)CCCC1NC(=O)/C=C/c1ccc(N)cc1. The number of nitrogen functional groups attached to an aromatic ring is 1. The standard InChI is InChI=1S/C16H20N2O3/c1-16(15(20)21)10-2-3-13(16)18-14(19)9-6-11-4-7-12(17)8-5-11/h4-9,13H,2-3,10,17H2,1H3,(H,18,19)(H,20,21)/b9-6+. The fourth-order valence-corrected chi connectivity index (χ4v) is 2.65. The van der Waals surface area contributed by atoms with E-state index in [9.17, 15) is 14.7 Å². The summed E-state index contributed by atoms with van der Waals surface area (Å²) < 4.78 is 0. The number of nitrogens with two attached hydrogens (primary N) is 1. The lowest BCUT2D eigenvalue weighted by molar-refractivity contribution is -0.148. The molecule has 5 heteroatoms. The molecule has 2 unspecified atom stereocenters. The zero-order valence-corrected chi connectivity index (χ0v) is 12.0. The number of benzene rings is 1. The Labute approximate surface area is 123 Å². The number of hydrogen-bond acceptors (Lipinski definition) is 3. The van der Waals surface area contributed by atoms with Crippen LogP contribution in [-0.4, -0.2) is 23.0 Å². The lowest BCUT2D eigenvalue weighted by atomic mass is 9.85. The summed E-state index contributed by atoms with van der Waals surface area (Å²) in [4.78, 5) is 23.3. The highest BCUT2D eigenvalue weighted by Gasteiger charge is 2.45. The first-order valence-corrected chi connectivity index (χ1v) is 6.99. The molecule has 2 atom stereocenters. The third-order valence-electron chi connectivity index (χ3n) is 4.13.